The molecule has 2 aromatic heterocycles. The minimum Gasteiger partial charge on any atom is -0.306 e. The van der Waals surface area contributed by atoms with E-state index >= 15 is 0 Å². The van der Waals surface area contributed by atoms with Crippen molar-refractivity contribution in [1.82, 2.24) is 9.13 Å². The van der Waals surface area contributed by atoms with E-state index in [2.05, 4.69) is 130 Å². The summed E-state index contributed by atoms with van der Waals surface area (Å²) in [6.45, 7) is 0. The van der Waals surface area contributed by atoms with Gasteiger partial charge in [0.15, 0.2) is 0 Å². The van der Waals surface area contributed by atoms with E-state index < -0.39 is 0 Å². The van der Waals surface area contributed by atoms with Crippen molar-refractivity contribution in [1.29, 1.82) is 10.5 Å². The van der Waals surface area contributed by atoms with Crippen molar-refractivity contribution in [3.8, 4) is 23.5 Å². The number of hydrogen-bond acceptors (Lipinski definition) is 2. The number of nitriles is 2. The number of para-hydroxylation sites is 2. The van der Waals surface area contributed by atoms with Gasteiger partial charge < -0.3 is 9.13 Å². The zero-order valence-corrected chi connectivity index (χ0v) is 23.5. The summed E-state index contributed by atoms with van der Waals surface area (Å²) in [6.07, 6.45) is 0. The monoisotopic (exact) mass is 558 g/mol. The quantitative estimate of drug-likeness (QED) is 0.212. The Hall–Kier alpha value is -6.36. The lowest BCUT2D eigenvalue weighted by Gasteiger charge is -2.19. The molecule has 0 fully saturated rings. The molecule has 0 aliphatic heterocycles. The van der Waals surface area contributed by atoms with Crippen molar-refractivity contribution in [2.45, 2.75) is 0 Å². The first-order valence-corrected chi connectivity index (χ1v) is 14.6. The Balaban J connectivity index is 1.57. The zero-order valence-electron chi connectivity index (χ0n) is 23.5. The fraction of sp³-hybridized carbons (Fsp3) is 0. The standard InChI is InChI=1S/C40H22N4/c41-23-25-21-28(24-42)38(44-36-16-8-6-14-32(36)34-20-18-27-10-2-4-12-30(27)40(34)44)37(22-25)43-35-15-7-5-13-31(35)33-19-17-26-9-1-3-11-29(26)39(33)43/h1-22H. The van der Waals surface area contributed by atoms with Crippen LogP contribution in [0.5, 0.6) is 0 Å². The number of benzene rings is 7. The van der Waals surface area contributed by atoms with E-state index in [0.29, 0.717) is 11.1 Å². The van der Waals surface area contributed by atoms with E-state index in [-0.39, 0.29) is 0 Å². The highest BCUT2D eigenvalue weighted by Crippen LogP contribution is 2.43. The van der Waals surface area contributed by atoms with Gasteiger partial charge in [-0.05, 0) is 35.0 Å². The van der Waals surface area contributed by atoms with E-state index in [1.807, 2.05) is 18.2 Å². The predicted octanol–water partition coefficient (Wildman–Crippen LogP) is 9.93. The second-order valence-electron chi connectivity index (χ2n) is 11.2. The van der Waals surface area contributed by atoms with E-state index in [1.165, 1.54) is 0 Å². The van der Waals surface area contributed by atoms with Gasteiger partial charge in [-0.1, -0.05) is 109 Å². The fourth-order valence-corrected chi connectivity index (χ4v) is 7.12. The van der Waals surface area contributed by atoms with Gasteiger partial charge >= 0.3 is 0 Å². The molecule has 4 nitrogen and oxygen atoms in total. The lowest BCUT2D eigenvalue weighted by atomic mass is 10.0. The Morgan fingerprint density at radius 2 is 0.932 bits per heavy atom. The van der Waals surface area contributed by atoms with Crippen molar-refractivity contribution in [3.05, 3.63) is 145 Å². The molecule has 0 spiro atoms. The summed E-state index contributed by atoms with van der Waals surface area (Å²) in [5.74, 6) is 0. The summed E-state index contributed by atoms with van der Waals surface area (Å²) in [4.78, 5) is 0. The Labute approximate surface area is 252 Å². The average molecular weight is 559 g/mol. The number of fused-ring (bicyclic) bond motifs is 10. The molecule has 2 heterocycles. The number of hydrogen-bond donors (Lipinski definition) is 0. The SMILES string of the molecule is N#Cc1cc(C#N)c(-n2c3ccccc3c3ccc4ccccc4c32)c(-n2c3ccccc3c3ccc4ccccc4c32)c1. The van der Waals surface area contributed by atoms with Crippen LogP contribution in [0.1, 0.15) is 11.1 Å². The third-order valence-electron chi connectivity index (χ3n) is 8.92. The summed E-state index contributed by atoms with van der Waals surface area (Å²) >= 11 is 0. The summed E-state index contributed by atoms with van der Waals surface area (Å²) in [5, 5.41) is 29.9. The molecule has 44 heavy (non-hydrogen) atoms. The zero-order chi connectivity index (χ0) is 29.4. The first kappa shape index (κ1) is 24.3. The normalized spacial score (nSPS) is 11.6. The van der Waals surface area contributed by atoms with Gasteiger partial charge in [0.05, 0.1) is 50.6 Å². The molecule has 9 rings (SSSR count). The molecular formula is C40H22N4. The van der Waals surface area contributed by atoms with Crippen LogP contribution in [0.3, 0.4) is 0 Å². The molecule has 4 heteroatoms. The van der Waals surface area contributed by atoms with Crippen LogP contribution in [-0.2, 0) is 0 Å². The Morgan fingerprint density at radius 3 is 1.50 bits per heavy atom. The third-order valence-corrected chi connectivity index (χ3v) is 8.92. The maximum absolute atomic E-state index is 10.7. The Morgan fingerprint density at radius 1 is 0.432 bits per heavy atom. The second-order valence-corrected chi connectivity index (χ2v) is 11.2. The summed E-state index contributed by atoms with van der Waals surface area (Å²) in [5.41, 5.74) is 6.55. The van der Waals surface area contributed by atoms with Crippen LogP contribution in [0, 0.1) is 22.7 Å². The highest BCUT2D eigenvalue weighted by molar-refractivity contribution is 6.20. The predicted molar refractivity (Wildman–Crippen MR) is 180 cm³/mol. The lowest BCUT2D eigenvalue weighted by Crippen LogP contribution is -2.07. The van der Waals surface area contributed by atoms with Gasteiger partial charge in [0, 0.05) is 32.3 Å². The highest BCUT2D eigenvalue weighted by atomic mass is 15.1. The second kappa shape index (κ2) is 9.07. The van der Waals surface area contributed by atoms with Gasteiger partial charge in [-0.25, -0.2) is 0 Å². The van der Waals surface area contributed by atoms with Crippen molar-refractivity contribution in [2.75, 3.05) is 0 Å². The molecular weight excluding hydrogens is 536 g/mol. The van der Waals surface area contributed by atoms with E-state index in [1.54, 1.807) is 6.07 Å². The van der Waals surface area contributed by atoms with Crippen molar-refractivity contribution >= 4 is 65.2 Å². The van der Waals surface area contributed by atoms with Crippen molar-refractivity contribution in [3.63, 3.8) is 0 Å². The van der Waals surface area contributed by atoms with Crippen molar-refractivity contribution in [2.24, 2.45) is 0 Å². The summed E-state index contributed by atoms with van der Waals surface area (Å²) in [7, 11) is 0. The van der Waals surface area contributed by atoms with E-state index in [4.69, 9.17) is 0 Å². The van der Waals surface area contributed by atoms with E-state index in [9.17, 15) is 10.5 Å². The van der Waals surface area contributed by atoms with Crippen LogP contribution in [-0.4, -0.2) is 9.13 Å². The van der Waals surface area contributed by atoms with Crippen LogP contribution >= 0.6 is 0 Å². The molecule has 0 aliphatic carbocycles. The van der Waals surface area contributed by atoms with Crippen LogP contribution in [0.15, 0.2) is 133 Å². The molecule has 7 aromatic carbocycles. The summed E-state index contributed by atoms with van der Waals surface area (Å²) < 4.78 is 4.50. The molecule has 0 saturated carbocycles. The highest BCUT2D eigenvalue weighted by Gasteiger charge is 2.24. The molecule has 0 N–H and O–H groups in total. The molecule has 0 unspecified atom stereocenters. The maximum atomic E-state index is 10.7. The molecule has 0 saturated heterocycles. The number of nitrogens with zero attached hydrogens (tertiary/aromatic N) is 4. The largest absolute Gasteiger partial charge is 0.306 e. The number of aromatic nitrogens is 2. The van der Waals surface area contributed by atoms with Gasteiger partial charge in [0.1, 0.15) is 6.07 Å². The molecule has 0 aliphatic rings. The van der Waals surface area contributed by atoms with Crippen LogP contribution in [0.2, 0.25) is 0 Å². The van der Waals surface area contributed by atoms with Gasteiger partial charge in [0.25, 0.3) is 0 Å². The molecule has 0 bridgehead atoms. The van der Waals surface area contributed by atoms with Crippen LogP contribution in [0.25, 0.3) is 76.5 Å². The topological polar surface area (TPSA) is 57.4 Å². The molecule has 0 amide bonds. The van der Waals surface area contributed by atoms with Gasteiger partial charge in [-0.2, -0.15) is 10.5 Å². The molecule has 202 valence electrons. The smallest absolute Gasteiger partial charge is 0.101 e. The minimum atomic E-state index is 0.442. The fourth-order valence-electron chi connectivity index (χ4n) is 7.12. The third kappa shape index (κ3) is 3.20. The van der Waals surface area contributed by atoms with Crippen LogP contribution in [0.4, 0.5) is 0 Å². The Kier molecular flexibility index (Phi) is 5.00. The first-order chi connectivity index (χ1) is 21.8. The minimum absolute atomic E-state index is 0.442. The maximum Gasteiger partial charge on any atom is 0.101 e. The summed E-state index contributed by atoms with van der Waals surface area (Å²) in [6, 6.07) is 50.7. The molecule has 9 aromatic rings. The van der Waals surface area contributed by atoms with Gasteiger partial charge in [-0.15, -0.1) is 0 Å². The van der Waals surface area contributed by atoms with E-state index in [0.717, 1.165) is 76.5 Å². The van der Waals surface area contributed by atoms with Crippen molar-refractivity contribution < 1.29 is 0 Å². The molecule has 0 atom stereocenters. The first-order valence-electron chi connectivity index (χ1n) is 14.6. The van der Waals surface area contributed by atoms with Gasteiger partial charge in [0.2, 0.25) is 0 Å². The average Bonchev–Trinajstić information content (AvgIpc) is 3.61. The number of rotatable bonds is 2. The van der Waals surface area contributed by atoms with Gasteiger partial charge in [-0.3, -0.25) is 0 Å². The van der Waals surface area contributed by atoms with Crippen LogP contribution < -0.4 is 0 Å². The Bertz CT molecular complexity index is 2740. The lowest BCUT2D eigenvalue weighted by molar-refractivity contribution is 1.09. The molecule has 0 radical (unpaired) electrons.